The number of aliphatic hydroxyl groups is 1. The summed E-state index contributed by atoms with van der Waals surface area (Å²) < 4.78 is 0.754. The molecule has 0 heterocycles. The first-order valence-corrected chi connectivity index (χ1v) is 5.97. The van der Waals surface area contributed by atoms with Gasteiger partial charge < -0.3 is 10.0 Å². The molecule has 1 unspecified atom stereocenters. The summed E-state index contributed by atoms with van der Waals surface area (Å²) in [6, 6.07) is 5.02. The molecule has 0 spiro atoms. The molecule has 0 bridgehead atoms. The number of rotatable bonds is 3. The van der Waals surface area contributed by atoms with Crippen LogP contribution in [0.5, 0.6) is 0 Å². The van der Waals surface area contributed by atoms with E-state index >= 15 is 0 Å². The van der Waals surface area contributed by atoms with E-state index in [2.05, 4.69) is 15.9 Å². The van der Waals surface area contributed by atoms with Gasteiger partial charge in [0.1, 0.15) is 0 Å². The molecule has 1 aromatic rings. The zero-order valence-electron chi connectivity index (χ0n) is 9.08. The van der Waals surface area contributed by atoms with Crippen molar-refractivity contribution in [3.8, 4) is 0 Å². The number of hydrogen-bond donors (Lipinski definition) is 1. The first kappa shape index (κ1) is 13.5. The molecule has 1 rings (SSSR count). The van der Waals surface area contributed by atoms with E-state index in [0.29, 0.717) is 17.1 Å². The summed E-state index contributed by atoms with van der Waals surface area (Å²) in [7, 11) is 1.64. The number of aliphatic hydroxyl groups excluding tert-OH is 1. The van der Waals surface area contributed by atoms with Crippen molar-refractivity contribution in [2.45, 2.75) is 13.0 Å². The van der Waals surface area contributed by atoms with Gasteiger partial charge in [-0.3, -0.25) is 4.79 Å². The Kier molecular flexibility index (Phi) is 4.77. The molecule has 0 saturated carbocycles. The molecule has 0 aromatic heterocycles. The zero-order chi connectivity index (χ0) is 12.3. The third-order valence-corrected chi connectivity index (χ3v) is 3.28. The average Bonchev–Trinajstić information content (AvgIpc) is 2.20. The van der Waals surface area contributed by atoms with Gasteiger partial charge >= 0.3 is 0 Å². The van der Waals surface area contributed by atoms with Gasteiger partial charge in [-0.2, -0.15) is 0 Å². The summed E-state index contributed by atoms with van der Waals surface area (Å²) in [6.45, 7) is 1.94. The molecule has 16 heavy (non-hydrogen) atoms. The first-order chi connectivity index (χ1) is 7.41. The van der Waals surface area contributed by atoms with E-state index in [4.69, 9.17) is 11.6 Å². The maximum absolute atomic E-state index is 11.9. The molecule has 1 atom stereocenters. The lowest BCUT2D eigenvalue weighted by atomic mass is 10.2. The van der Waals surface area contributed by atoms with Gasteiger partial charge in [-0.1, -0.05) is 11.6 Å². The van der Waals surface area contributed by atoms with Crippen LogP contribution in [-0.4, -0.2) is 35.6 Å². The summed E-state index contributed by atoms with van der Waals surface area (Å²) in [5, 5.41) is 9.69. The highest BCUT2D eigenvalue weighted by molar-refractivity contribution is 9.10. The van der Waals surface area contributed by atoms with Gasteiger partial charge in [0, 0.05) is 23.6 Å². The smallest absolute Gasteiger partial charge is 0.253 e. The lowest BCUT2D eigenvalue weighted by molar-refractivity contribution is 0.0703. The Morgan fingerprint density at radius 1 is 1.62 bits per heavy atom. The number of carbonyl (C=O) groups is 1. The number of nitrogens with zero attached hydrogens (tertiary/aromatic N) is 1. The Labute approximate surface area is 108 Å². The van der Waals surface area contributed by atoms with Crippen LogP contribution in [0.25, 0.3) is 0 Å². The lowest BCUT2D eigenvalue weighted by Gasteiger charge is -2.18. The van der Waals surface area contributed by atoms with Crippen LogP contribution in [0.3, 0.4) is 0 Å². The third kappa shape index (κ3) is 3.47. The fourth-order valence-corrected chi connectivity index (χ4v) is 1.76. The van der Waals surface area contributed by atoms with Crippen molar-refractivity contribution in [3.63, 3.8) is 0 Å². The molecule has 0 fully saturated rings. The van der Waals surface area contributed by atoms with Crippen LogP contribution in [0.2, 0.25) is 5.02 Å². The second-order valence-corrected chi connectivity index (χ2v) is 4.93. The summed E-state index contributed by atoms with van der Waals surface area (Å²) in [4.78, 5) is 13.3. The molecule has 1 N–H and O–H groups in total. The van der Waals surface area contributed by atoms with E-state index in [1.807, 2.05) is 0 Å². The minimum absolute atomic E-state index is 0.157. The maximum Gasteiger partial charge on any atom is 0.253 e. The molecule has 3 nitrogen and oxygen atoms in total. The highest BCUT2D eigenvalue weighted by Crippen LogP contribution is 2.23. The van der Waals surface area contributed by atoms with Gasteiger partial charge in [-0.15, -0.1) is 0 Å². The van der Waals surface area contributed by atoms with Gasteiger partial charge in [0.05, 0.1) is 11.1 Å². The van der Waals surface area contributed by atoms with Crippen molar-refractivity contribution >= 4 is 33.4 Å². The molecule has 88 valence electrons. The SMILES string of the molecule is CC(O)CN(C)C(=O)c1ccc(Br)c(Cl)c1. The molecule has 1 amide bonds. The van der Waals surface area contributed by atoms with Gasteiger partial charge in [-0.25, -0.2) is 0 Å². The summed E-state index contributed by atoms with van der Waals surface area (Å²) in [5.74, 6) is -0.157. The van der Waals surface area contributed by atoms with Crippen molar-refractivity contribution < 1.29 is 9.90 Å². The van der Waals surface area contributed by atoms with Crippen LogP contribution < -0.4 is 0 Å². The number of carbonyl (C=O) groups excluding carboxylic acids is 1. The molecule has 0 aliphatic rings. The predicted molar refractivity (Wildman–Crippen MR) is 67.8 cm³/mol. The van der Waals surface area contributed by atoms with Crippen LogP contribution in [0, 0.1) is 0 Å². The number of likely N-dealkylation sites (N-methyl/N-ethyl adjacent to an activating group) is 1. The predicted octanol–water partition coefficient (Wildman–Crippen LogP) is 2.56. The van der Waals surface area contributed by atoms with Crippen molar-refractivity contribution in [1.29, 1.82) is 0 Å². The number of amides is 1. The molecule has 0 saturated heterocycles. The lowest BCUT2D eigenvalue weighted by Crippen LogP contribution is -2.33. The summed E-state index contributed by atoms with van der Waals surface area (Å²) in [5.41, 5.74) is 0.511. The molecular formula is C11H13BrClNO2. The normalized spacial score (nSPS) is 12.3. The fraction of sp³-hybridized carbons (Fsp3) is 0.364. The van der Waals surface area contributed by atoms with Gasteiger partial charge in [0.2, 0.25) is 0 Å². The average molecular weight is 307 g/mol. The Hall–Kier alpha value is -0.580. The topological polar surface area (TPSA) is 40.5 Å². The fourth-order valence-electron chi connectivity index (χ4n) is 1.33. The maximum atomic E-state index is 11.9. The Morgan fingerprint density at radius 2 is 2.25 bits per heavy atom. The van der Waals surface area contributed by atoms with Crippen LogP contribution >= 0.6 is 27.5 Å². The highest BCUT2D eigenvalue weighted by atomic mass is 79.9. The number of halogens is 2. The summed E-state index contributed by atoms with van der Waals surface area (Å²) in [6.07, 6.45) is -0.542. The van der Waals surface area contributed by atoms with E-state index in [9.17, 15) is 9.90 Å². The second-order valence-electron chi connectivity index (χ2n) is 3.66. The Balaban J connectivity index is 2.84. The Morgan fingerprint density at radius 3 is 2.75 bits per heavy atom. The summed E-state index contributed by atoms with van der Waals surface area (Å²) >= 11 is 9.16. The van der Waals surface area contributed by atoms with E-state index in [-0.39, 0.29) is 5.91 Å². The monoisotopic (exact) mass is 305 g/mol. The molecule has 0 aliphatic heterocycles. The molecule has 5 heteroatoms. The molecule has 0 radical (unpaired) electrons. The highest BCUT2D eigenvalue weighted by Gasteiger charge is 2.14. The third-order valence-electron chi connectivity index (χ3n) is 2.05. The standard InChI is InChI=1S/C11H13BrClNO2/c1-7(15)6-14(2)11(16)8-3-4-9(12)10(13)5-8/h3-5,7,15H,6H2,1-2H3. The Bertz CT molecular complexity index is 396. The van der Waals surface area contributed by atoms with Crippen molar-refractivity contribution in [1.82, 2.24) is 4.90 Å². The van der Waals surface area contributed by atoms with Crippen LogP contribution in [0.4, 0.5) is 0 Å². The largest absolute Gasteiger partial charge is 0.392 e. The van der Waals surface area contributed by atoms with Crippen molar-refractivity contribution in [3.05, 3.63) is 33.3 Å². The molecule has 1 aromatic carbocycles. The van der Waals surface area contributed by atoms with Gasteiger partial charge in [0.15, 0.2) is 0 Å². The van der Waals surface area contributed by atoms with E-state index in [1.54, 1.807) is 32.2 Å². The minimum Gasteiger partial charge on any atom is -0.392 e. The van der Waals surface area contributed by atoms with Gasteiger partial charge in [-0.05, 0) is 41.1 Å². The molecular weight excluding hydrogens is 293 g/mol. The van der Waals surface area contributed by atoms with Crippen LogP contribution in [0.15, 0.2) is 22.7 Å². The first-order valence-electron chi connectivity index (χ1n) is 4.80. The van der Waals surface area contributed by atoms with Crippen LogP contribution in [0.1, 0.15) is 17.3 Å². The molecule has 0 aliphatic carbocycles. The zero-order valence-corrected chi connectivity index (χ0v) is 11.4. The van der Waals surface area contributed by atoms with Gasteiger partial charge in [0.25, 0.3) is 5.91 Å². The number of benzene rings is 1. The number of hydrogen-bond acceptors (Lipinski definition) is 2. The van der Waals surface area contributed by atoms with Crippen LogP contribution in [-0.2, 0) is 0 Å². The van der Waals surface area contributed by atoms with Crippen molar-refractivity contribution in [2.75, 3.05) is 13.6 Å². The van der Waals surface area contributed by atoms with E-state index in [0.717, 1.165) is 4.47 Å². The van der Waals surface area contributed by atoms with E-state index in [1.165, 1.54) is 4.90 Å². The minimum atomic E-state index is -0.542. The quantitative estimate of drug-likeness (QED) is 0.932. The second kappa shape index (κ2) is 5.66. The van der Waals surface area contributed by atoms with Crippen molar-refractivity contribution in [2.24, 2.45) is 0 Å². The van der Waals surface area contributed by atoms with E-state index < -0.39 is 6.10 Å².